The summed E-state index contributed by atoms with van der Waals surface area (Å²) in [5.41, 5.74) is 2.99. The van der Waals surface area contributed by atoms with Crippen molar-refractivity contribution < 1.29 is 4.74 Å². The van der Waals surface area contributed by atoms with Crippen LogP contribution in [0.5, 0.6) is 0 Å². The van der Waals surface area contributed by atoms with Crippen LogP contribution in [0, 0.1) is 0 Å². The van der Waals surface area contributed by atoms with Gasteiger partial charge < -0.3 is 4.74 Å². The van der Waals surface area contributed by atoms with E-state index in [9.17, 15) is 0 Å². The van der Waals surface area contributed by atoms with Crippen molar-refractivity contribution >= 4 is 12.4 Å². The number of hydrogen-bond donors (Lipinski definition) is 0. The van der Waals surface area contributed by atoms with E-state index in [1.54, 1.807) is 0 Å². The Morgan fingerprint density at radius 1 is 1.19 bits per heavy atom. The molecule has 1 saturated heterocycles. The molecule has 1 fully saturated rings. The molecule has 0 spiro atoms. The highest BCUT2D eigenvalue weighted by Crippen LogP contribution is 2.24. The van der Waals surface area contributed by atoms with Crippen LogP contribution in [-0.4, -0.2) is 24.2 Å². The molecule has 0 N–H and O–H groups in total. The topological polar surface area (TPSA) is 12.5 Å². The molecule has 0 saturated carbocycles. The van der Waals surface area contributed by atoms with Crippen molar-refractivity contribution in [3.8, 4) is 0 Å². The van der Waals surface area contributed by atoms with E-state index in [1.807, 2.05) is 0 Å². The molecule has 0 aliphatic carbocycles. The second kappa shape index (κ2) is 5.17. The molecule has 1 unspecified atom stereocenters. The number of fused-ring (bicyclic) bond motifs is 1. The van der Waals surface area contributed by atoms with Gasteiger partial charge in [-0.1, -0.05) is 24.3 Å². The Morgan fingerprint density at radius 2 is 1.88 bits per heavy atom. The average molecular weight is 240 g/mol. The van der Waals surface area contributed by atoms with Crippen LogP contribution in [-0.2, 0) is 17.8 Å². The van der Waals surface area contributed by atoms with Crippen molar-refractivity contribution in [3.05, 3.63) is 35.4 Å². The van der Waals surface area contributed by atoms with Crippen molar-refractivity contribution in [3.63, 3.8) is 0 Å². The predicted octanol–water partition coefficient (Wildman–Crippen LogP) is 2.60. The van der Waals surface area contributed by atoms with E-state index in [0.29, 0.717) is 6.10 Å². The minimum atomic E-state index is 0. The second-order valence-electron chi connectivity index (χ2n) is 4.57. The van der Waals surface area contributed by atoms with Crippen LogP contribution in [0.15, 0.2) is 24.3 Å². The van der Waals surface area contributed by atoms with Gasteiger partial charge in [0.05, 0.1) is 6.10 Å². The normalized spacial score (nSPS) is 24.1. The first kappa shape index (κ1) is 11.9. The van der Waals surface area contributed by atoms with Crippen molar-refractivity contribution in [1.82, 2.24) is 4.90 Å². The summed E-state index contributed by atoms with van der Waals surface area (Å²) in [4.78, 5) is 2.50. The molecule has 1 atom stereocenters. The Kier molecular flexibility index (Phi) is 3.85. The Balaban J connectivity index is 0.000000963. The average Bonchev–Trinajstić information content (AvgIpc) is 2.86. The lowest BCUT2D eigenvalue weighted by molar-refractivity contribution is 0.0723. The molecule has 1 aromatic rings. The Bertz CT molecular complexity index is 325. The van der Waals surface area contributed by atoms with Crippen LogP contribution in [0.25, 0.3) is 0 Å². The smallest absolute Gasteiger partial charge is 0.0703 e. The Labute approximate surface area is 103 Å². The second-order valence-corrected chi connectivity index (χ2v) is 4.57. The number of hydrogen-bond acceptors (Lipinski definition) is 2. The summed E-state index contributed by atoms with van der Waals surface area (Å²) in [6, 6.07) is 8.75. The zero-order valence-corrected chi connectivity index (χ0v) is 10.2. The summed E-state index contributed by atoms with van der Waals surface area (Å²) in [6.07, 6.45) is 2.97. The summed E-state index contributed by atoms with van der Waals surface area (Å²) in [6.45, 7) is 4.28. The fourth-order valence-corrected chi connectivity index (χ4v) is 2.61. The molecule has 3 heteroatoms. The van der Waals surface area contributed by atoms with E-state index in [1.165, 1.54) is 24.0 Å². The van der Waals surface area contributed by atoms with Gasteiger partial charge in [0.2, 0.25) is 0 Å². The summed E-state index contributed by atoms with van der Waals surface area (Å²) < 4.78 is 5.67. The minimum absolute atomic E-state index is 0. The molecule has 16 heavy (non-hydrogen) atoms. The van der Waals surface area contributed by atoms with E-state index in [2.05, 4.69) is 29.2 Å². The van der Waals surface area contributed by atoms with E-state index in [-0.39, 0.29) is 12.4 Å². The molecule has 88 valence electrons. The van der Waals surface area contributed by atoms with E-state index in [0.717, 1.165) is 26.2 Å². The van der Waals surface area contributed by atoms with Gasteiger partial charge in [-0.25, -0.2) is 0 Å². The number of ether oxygens (including phenoxy) is 1. The zero-order chi connectivity index (χ0) is 10.1. The van der Waals surface area contributed by atoms with Gasteiger partial charge in [0, 0.05) is 26.2 Å². The monoisotopic (exact) mass is 239 g/mol. The van der Waals surface area contributed by atoms with Crippen molar-refractivity contribution in [1.29, 1.82) is 0 Å². The number of benzene rings is 1. The fraction of sp³-hybridized carbons (Fsp3) is 0.538. The highest BCUT2D eigenvalue weighted by Gasteiger charge is 2.23. The fourth-order valence-electron chi connectivity index (χ4n) is 2.61. The molecule has 0 amide bonds. The molecular formula is C13H18ClNO. The van der Waals surface area contributed by atoms with Crippen molar-refractivity contribution in [2.75, 3.05) is 13.2 Å². The summed E-state index contributed by atoms with van der Waals surface area (Å²) in [5, 5.41) is 0. The number of rotatable bonds is 2. The Hall–Kier alpha value is -0.570. The molecule has 2 aliphatic heterocycles. The molecule has 0 aromatic heterocycles. The SMILES string of the molecule is Cl.c1ccc2c(c1)CN(CC1CCCO1)C2. The van der Waals surface area contributed by atoms with Crippen LogP contribution >= 0.6 is 12.4 Å². The van der Waals surface area contributed by atoms with Gasteiger partial charge in [0.25, 0.3) is 0 Å². The lowest BCUT2D eigenvalue weighted by Crippen LogP contribution is -2.27. The first-order chi connectivity index (χ1) is 7.42. The maximum atomic E-state index is 5.67. The molecule has 2 nitrogen and oxygen atoms in total. The summed E-state index contributed by atoms with van der Waals surface area (Å²) in [5.74, 6) is 0. The highest BCUT2D eigenvalue weighted by molar-refractivity contribution is 5.85. The number of halogens is 1. The van der Waals surface area contributed by atoms with Crippen LogP contribution in [0.3, 0.4) is 0 Å². The first-order valence-electron chi connectivity index (χ1n) is 5.82. The lowest BCUT2D eigenvalue weighted by Gasteiger charge is -2.18. The van der Waals surface area contributed by atoms with Gasteiger partial charge in [-0.3, -0.25) is 4.90 Å². The predicted molar refractivity (Wildman–Crippen MR) is 66.8 cm³/mol. The van der Waals surface area contributed by atoms with Crippen molar-refractivity contribution in [2.45, 2.75) is 32.0 Å². The lowest BCUT2D eigenvalue weighted by atomic mass is 10.1. The van der Waals surface area contributed by atoms with Gasteiger partial charge in [0.15, 0.2) is 0 Å². The third kappa shape index (κ3) is 2.40. The maximum absolute atomic E-state index is 5.67. The van der Waals surface area contributed by atoms with Gasteiger partial charge >= 0.3 is 0 Å². The van der Waals surface area contributed by atoms with Gasteiger partial charge in [-0.05, 0) is 24.0 Å². The molecule has 0 bridgehead atoms. The third-order valence-corrected chi connectivity index (χ3v) is 3.39. The van der Waals surface area contributed by atoms with Gasteiger partial charge in [0.1, 0.15) is 0 Å². The quantitative estimate of drug-likeness (QED) is 0.787. The maximum Gasteiger partial charge on any atom is 0.0703 e. The zero-order valence-electron chi connectivity index (χ0n) is 9.39. The molecule has 3 rings (SSSR count). The Morgan fingerprint density at radius 3 is 2.44 bits per heavy atom. The van der Waals surface area contributed by atoms with Crippen LogP contribution in [0.2, 0.25) is 0 Å². The largest absolute Gasteiger partial charge is 0.377 e. The van der Waals surface area contributed by atoms with E-state index in [4.69, 9.17) is 4.74 Å². The summed E-state index contributed by atoms with van der Waals surface area (Å²) in [7, 11) is 0. The molecule has 0 radical (unpaired) electrons. The number of nitrogens with zero attached hydrogens (tertiary/aromatic N) is 1. The summed E-state index contributed by atoms with van der Waals surface area (Å²) >= 11 is 0. The molecular weight excluding hydrogens is 222 g/mol. The molecule has 2 aliphatic rings. The molecule has 1 aromatic carbocycles. The van der Waals surface area contributed by atoms with Crippen LogP contribution in [0.4, 0.5) is 0 Å². The van der Waals surface area contributed by atoms with Crippen molar-refractivity contribution in [2.24, 2.45) is 0 Å². The standard InChI is InChI=1S/C13H17NO.ClH/c1-2-5-12-9-14(8-11(12)4-1)10-13-6-3-7-15-13;/h1-2,4-5,13H,3,6-10H2;1H. The third-order valence-electron chi connectivity index (χ3n) is 3.39. The minimum Gasteiger partial charge on any atom is -0.377 e. The molecule has 2 heterocycles. The van der Waals surface area contributed by atoms with Crippen LogP contribution < -0.4 is 0 Å². The van der Waals surface area contributed by atoms with Gasteiger partial charge in [-0.15, -0.1) is 12.4 Å². The van der Waals surface area contributed by atoms with Gasteiger partial charge in [-0.2, -0.15) is 0 Å². The van der Waals surface area contributed by atoms with E-state index < -0.39 is 0 Å². The first-order valence-corrected chi connectivity index (χ1v) is 5.82. The van der Waals surface area contributed by atoms with E-state index >= 15 is 0 Å². The van der Waals surface area contributed by atoms with Crippen LogP contribution in [0.1, 0.15) is 24.0 Å². The highest BCUT2D eigenvalue weighted by atomic mass is 35.5.